The highest BCUT2D eigenvalue weighted by molar-refractivity contribution is 5.77. The number of hydrogen-bond acceptors (Lipinski definition) is 2. The third-order valence-corrected chi connectivity index (χ3v) is 4.19. The Balaban J connectivity index is 1.94. The zero-order chi connectivity index (χ0) is 16.2. The number of rotatable bonds is 5. The maximum absolute atomic E-state index is 13.2. The highest BCUT2D eigenvalue weighted by atomic mass is 19.4. The minimum absolute atomic E-state index is 0.128. The molecule has 1 aromatic rings. The molecule has 0 saturated carbocycles. The lowest BCUT2D eigenvalue weighted by atomic mass is 9.95. The predicted molar refractivity (Wildman–Crippen MR) is 78.5 cm³/mol. The molecule has 0 spiro atoms. The van der Waals surface area contributed by atoms with Gasteiger partial charge in [-0.25, -0.2) is 0 Å². The zero-order valence-corrected chi connectivity index (χ0v) is 12.6. The van der Waals surface area contributed by atoms with Crippen molar-refractivity contribution in [1.29, 1.82) is 0 Å². The Bertz CT molecular complexity index is 490. The SMILES string of the molecule is CN1CCCC1CNC(=O)CC(c1ccccc1)C(F)(F)F. The fourth-order valence-electron chi connectivity index (χ4n) is 2.83. The van der Waals surface area contributed by atoms with Crippen LogP contribution in [0.15, 0.2) is 30.3 Å². The normalized spacial score (nSPS) is 20.8. The summed E-state index contributed by atoms with van der Waals surface area (Å²) in [6.45, 7) is 1.38. The van der Waals surface area contributed by atoms with Gasteiger partial charge < -0.3 is 10.2 Å². The summed E-state index contributed by atoms with van der Waals surface area (Å²) in [7, 11) is 1.96. The first-order valence-corrected chi connectivity index (χ1v) is 7.46. The van der Waals surface area contributed by atoms with Crippen molar-refractivity contribution >= 4 is 5.91 Å². The van der Waals surface area contributed by atoms with Gasteiger partial charge in [-0.3, -0.25) is 4.79 Å². The maximum atomic E-state index is 13.2. The molecule has 1 aliphatic rings. The lowest BCUT2D eigenvalue weighted by Crippen LogP contribution is -2.39. The van der Waals surface area contributed by atoms with Crippen LogP contribution in [-0.2, 0) is 4.79 Å². The van der Waals surface area contributed by atoms with Gasteiger partial charge in [-0.05, 0) is 32.0 Å². The largest absolute Gasteiger partial charge is 0.396 e. The number of benzene rings is 1. The number of nitrogens with zero attached hydrogens (tertiary/aromatic N) is 1. The van der Waals surface area contributed by atoms with Gasteiger partial charge >= 0.3 is 6.18 Å². The van der Waals surface area contributed by atoms with E-state index in [0.717, 1.165) is 19.4 Å². The lowest BCUT2D eigenvalue weighted by Gasteiger charge is -2.22. The van der Waals surface area contributed by atoms with Crippen molar-refractivity contribution in [2.24, 2.45) is 0 Å². The molecule has 122 valence electrons. The Kier molecular flexibility index (Phi) is 5.45. The van der Waals surface area contributed by atoms with Gasteiger partial charge in [0.1, 0.15) is 0 Å². The van der Waals surface area contributed by atoms with Crippen LogP contribution >= 0.6 is 0 Å². The molecule has 0 aromatic heterocycles. The van der Waals surface area contributed by atoms with Crippen LogP contribution in [0.4, 0.5) is 13.2 Å². The first kappa shape index (κ1) is 16.8. The van der Waals surface area contributed by atoms with E-state index in [-0.39, 0.29) is 11.6 Å². The molecule has 1 fully saturated rings. The van der Waals surface area contributed by atoms with Crippen molar-refractivity contribution in [3.63, 3.8) is 0 Å². The first-order chi connectivity index (χ1) is 10.4. The molecule has 0 radical (unpaired) electrons. The smallest absolute Gasteiger partial charge is 0.355 e. The van der Waals surface area contributed by atoms with Crippen LogP contribution in [0.1, 0.15) is 30.7 Å². The molecule has 0 aliphatic carbocycles. The van der Waals surface area contributed by atoms with Crippen LogP contribution in [0.3, 0.4) is 0 Å². The molecule has 3 nitrogen and oxygen atoms in total. The van der Waals surface area contributed by atoms with Crippen molar-refractivity contribution in [2.75, 3.05) is 20.1 Å². The van der Waals surface area contributed by atoms with Crippen molar-refractivity contribution in [3.05, 3.63) is 35.9 Å². The quantitative estimate of drug-likeness (QED) is 0.906. The highest BCUT2D eigenvalue weighted by Gasteiger charge is 2.41. The summed E-state index contributed by atoms with van der Waals surface area (Å²) < 4.78 is 39.5. The third kappa shape index (κ3) is 4.47. The summed E-state index contributed by atoms with van der Waals surface area (Å²) in [5.41, 5.74) is 0.128. The summed E-state index contributed by atoms with van der Waals surface area (Å²) in [5, 5.41) is 2.65. The second-order valence-corrected chi connectivity index (χ2v) is 5.79. The number of likely N-dealkylation sites (tertiary alicyclic amines) is 1. The van der Waals surface area contributed by atoms with E-state index in [1.54, 1.807) is 18.2 Å². The molecule has 1 saturated heterocycles. The van der Waals surface area contributed by atoms with E-state index in [1.165, 1.54) is 12.1 Å². The maximum Gasteiger partial charge on any atom is 0.396 e. The van der Waals surface area contributed by atoms with Crippen LogP contribution in [-0.4, -0.2) is 43.2 Å². The molecule has 1 aliphatic heterocycles. The Hall–Kier alpha value is -1.56. The molecule has 0 bridgehead atoms. The summed E-state index contributed by atoms with van der Waals surface area (Å²) in [5.74, 6) is -2.30. The minimum atomic E-state index is -4.43. The highest BCUT2D eigenvalue weighted by Crippen LogP contribution is 2.37. The number of amides is 1. The Morgan fingerprint density at radius 3 is 2.59 bits per heavy atom. The molecule has 2 unspecified atom stereocenters. The second-order valence-electron chi connectivity index (χ2n) is 5.79. The van der Waals surface area contributed by atoms with Gasteiger partial charge in [0, 0.05) is 19.0 Å². The Morgan fingerprint density at radius 2 is 2.05 bits per heavy atom. The minimum Gasteiger partial charge on any atom is -0.355 e. The number of carbonyl (C=O) groups is 1. The van der Waals surface area contributed by atoms with Crippen LogP contribution in [0.2, 0.25) is 0 Å². The van der Waals surface area contributed by atoms with Gasteiger partial charge in [-0.1, -0.05) is 30.3 Å². The van der Waals surface area contributed by atoms with Crippen LogP contribution in [0.5, 0.6) is 0 Å². The molecule has 2 atom stereocenters. The Labute approximate surface area is 128 Å². The number of alkyl halides is 3. The van der Waals surface area contributed by atoms with Gasteiger partial charge in [-0.15, -0.1) is 0 Å². The van der Waals surface area contributed by atoms with Gasteiger partial charge in [0.2, 0.25) is 5.91 Å². The predicted octanol–water partition coefficient (Wildman–Crippen LogP) is 2.93. The van der Waals surface area contributed by atoms with Crippen molar-refractivity contribution in [1.82, 2.24) is 10.2 Å². The molecular formula is C16H21F3N2O. The number of nitrogens with one attached hydrogen (secondary N) is 1. The van der Waals surface area contributed by atoms with E-state index in [0.29, 0.717) is 6.54 Å². The van der Waals surface area contributed by atoms with Crippen LogP contribution < -0.4 is 5.32 Å². The van der Waals surface area contributed by atoms with Crippen LogP contribution in [0, 0.1) is 0 Å². The van der Waals surface area contributed by atoms with E-state index in [9.17, 15) is 18.0 Å². The zero-order valence-electron chi connectivity index (χ0n) is 12.6. The molecule has 2 rings (SSSR count). The second kappa shape index (κ2) is 7.13. The van der Waals surface area contributed by atoms with Crippen molar-refractivity contribution < 1.29 is 18.0 Å². The molecule has 6 heteroatoms. The number of carbonyl (C=O) groups excluding carboxylic acids is 1. The van der Waals surface area contributed by atoms with Crippen LogP contribution in [0.25, 0.3) is 0 Å². The molecule has 22 heavy (non-hydrogen) atoms. The van der Waals surface area contributed by atoms with Gasteiger partial charge in [0.05, 0.1) is 5.92 Å². The number of halogens is 3. The molecule has 1 N–H and O–H groups in total. The number of hydrogen-bond donors (Lipinski definition) is 1. The summed E-state index contributed by atoms with van der Waals surface area (Å²) in [4.78, 5) is 14.0. The summed E-state index contributed by atoms with van der Waals surface area (Å²) in [6, 6.07) is 7.82. The van der Waals surface area contributed by atoms with E-state index < -0.39 is 24.4 Å². The summed E-state index contributed by atoms with van der Waals surface area (Å²) in [6.07, 6.45) is -2.96. The molecule has 1 amide bonds. The standard InChI is InChI=1S/C16H21F3N2O/c1-21-9-5-8-13(21)11-20-15(22)10-14(16(17,18)19)12-6-3-2-4-7-12/h2-4,6-7,13-14H,5,8-11H2,1H3,(H,20,22). The molecule has 1 aromatic carbocycles. The average Bonchev–Trinajstić information content (AvgIpc) is 2.87. The average molecular weight is 314 g/mol. The van der Waals surface area contributed by atoms with E-state index in [2.05, 4.69) is 10.2 Å². The topological polar surface area (TPSA) is 32.3 Å². The monoisotopic (exact) mass is 314 g/mol. The van der Waals surface area contributed by atoms with E-state index in [4.69, 9.17) is 0 Å². The van der Waals surface area contributed by atoms with E-state index in [1.807, 2.05) is 7.05 Å². The van der Waals surface area contributed by atoms with Crippen molar-refractivity contribution in [2.45, 2.75) is 37.4 Å². The fourth-order valence-corrected chi connectivity index (χ4v) is 2.83. The van der Waals surface area contributed by atoms with Gasteiger partial charge in [0.25, 0.3) is 0 Å². The van der Waals surface area contributed by atoms with Gasteiger partial charge in [0.15, 0.2) is 0 Å². The summed E-state index contributed by atoms with van der Waals surface area (Å²) >= 11 is 0. The first-order valence-electron chi connectivity index (χ1n) is 7.46. The fraction of sp³-hybridized carbons (Fsp3) is 0.562. The lowest BCUT2D eigenvalue weighted by molar-refractivity contribution is -0.157. The van der Waals surface area contributed by atoms with Crippen molar-refractivity contribution in [3.8, 4) is 0 Å². The number of likely N-dealkylation sites (N-methyl/N-ethyl adjacent to an activating group) is 1. The molecule has 1 heterocycles. The third-order valence-electron chi connectivity index (χ3n) is 4.19. The Morgan fingerprint density at radius 1 is 1.36 bits per heavy atom. The van der Waals surface area contributed by atoms with E-state index >= 15 is 0 Å². The van der Waals surface area contributed by atoms with Gasteiger partial charge in [-0.2, -0.15) is 13.2 Å². The molecular weight excluding hydrogens is 293 g/mol.